The third-order valence-corrected chi connectivity index (χ3v) is 7.63. The number of hydrogen-bond acceptors (Lipinski definition) is 11. The predicted octanol–water partition coefficient (Wildman–Crippen LogP) is 3.09. The number of imide groups is 1. The van der Waals surface area contributed by atoms with Crippen molar-refractivity contribution in [1.82, 2.24) is 19.9 Å². The molecular formula is C32H28N4O9. The third-order valence-electron chi connectivity index (χ3n) is 7.63. The van der Waals surface area contributed by atoms with Gasteiger partial charge >= 0.3 is 17.9 Å². The van der Waals surface area contributed by atoms with Crippen LogP contribution in [0.2, 0.25) is 0 Å². The summed E-state index contributed by atoms with van der Waals surface area (Å²) in [6, 6.07) is 18.4. The minimum Gasteiger partial charge on any atom is -0.463 e. The van der Waals surface area contributed by atoms with Crippen molar-refractivity contribution in [2.45, 2.75) is 51.4 Å². The van der Waals surface area contributed by atoms with Gasteiger partial charge in [-0.25, -0.2) is 4.68 Å². The second kappa shape index (κ2) is 11.9. The smallest absolute Gasteiger partial charge is 0.303 e. The van der Waals surface area contributed by atoms with Crippen LogP contribution in [0, 0.1) is 0 Å². The average Bonchev–Trinajstić information content (AvgIpc) is 3.60. The number of carbonyl (C=O) groups excluding carboxylic acids is 5. The van der Waals surface area contributed by atoms with Gasteiger partial charge in [0.1, 0.15) is 24.4 Å². The Labute approximate surface area is 256 Å². The number of ether oxygens (including phenoxy) is 4. The van der Waals surface area contributed by atoms with Gasteiger partial charge in [-0.3, -0.25) is 28.9 Å². The van der Waals surface area contributed by atoms with Crippen LogP contribution in [0.25, 0.3) is 22.0 Å². The molecule has 0 unspecified atom stereocenters. The zero-order valence-electron chi connectivity index (χ0n) is 24.5. The molecule has 0 N–H and O–H groups in total. The maximum atomic E-state index is 13.8. The van der Waals surface area contributed by atoms with E-state index in [-0.39, 0.29) is 11.1 Å². The molecule has 3 aromatic carbocycles. The highest BCUT2D eigenvalue weighted by Crippen LogP contribution is 2.39. The van der Waals surface area contributed by atoms with E-state index in [9.17, 15) is 24.0 Å². The molecule has 13 heteroatoms. The van der Waals surface area contributed by atoms with Gasteiger partial charge in [0.25, 0.3) is 11.8 Å². The van der Waals surface area contributed by atoms with Crippen molar-refractivity contribution in [2.75, 3.05) is 6.61 Å². The van der Waals surface area contributed by atoms with Crippen LogP contribution in [0.5, 0.6) is 0 Å². The summed E-state index contributed by atoms with van der Waals surface area (Å²) < 4.78 is 24.1. The normalized spacial score (nSPS) is 22.6. The summed E-state index contributed by atoms with van der Waals surface area (Å²) >= 11 is 0. The maximum Gasteiger partial charge on any atom is 0.303 e. The quantitative estimate of drug-likeness (QED) is 0.172. The van der Waals surface area contributed by atoms with Crippen molar-refractivity contribution >= 4 is 40.5 Å². The second-order valence-electron chi connectivity index (χ2n) is 10.7. The van der Waals surface area contributed by atoms with E-state index in [1.54, 1.807) is 18.3 Å². The van der Waals surface area contributed by atoms with E-state index in [0.717, 1.165) is 35.1 Å². The lowest BCUT2D eigenvalue weighted by Gasteiger charge is -2.47. The lowest BCUT2D eigenvalue weighted by Crippen LogP contribution is -2.65. The van der Waals surface area contributed by atoms with Crippen molar-refractivity contribution in [1.29, 1.82) is 0 Å². The Balaban J connectivity index is 1.47. The number of amides is 2. The minimum atomic E-state index is -1.44. The van der Waals surface area contributed by atoms with Crippen molar-refractivity contribution in [3.05, 3.63) is 84.1 Å². The Morgan fingerprint density at radius 3 is 2.07 bits per heavy atom. The van der Waals surface area contributed by atoms with Gasteiger partial charge in [-0.1, -0.05) is 53.7 Å². The van der Waals surface area contributed by atoms with E-state index in [2.05, 4.69) is 10.3 Å². The minimum absolute atomic E-state index is 0.143. The number of esters is 3. The van der Waals surface area contributed by atoms with Crippen molar-refractivity contribution in [2.24, 2.45) is 0 Å². The van der Waals surface area contributed by atoms with Gasteiger partial charge in [0.2, 0.25) is 0 Å². The molecule has 3 heterocycles. The standard InChI is InChI=1S/C32H28N4O9/c1-17(37)42-16-26-28(43-18(2)38)29(44-19(3)39)27(36-30(40)23-10-6-7-11-24(23)31(36)41)32(45-26)35-15-25(33-34-35)22-13-12-20-8-4-5-9-21(20)14-22/h4-15,26-29,32H,16H2,1-3H3/t26-,27-,28-,29-,32-/m1/s1. The van der Waals surface area contributed by atoms with E-state index in [0.29, 0.717) is 5.69 Å². The van der Waals surface area contributed by atoms with Gasteiger partial charge in [-0.2, -0.15) is 0 Å². The summed E-state index contributed by atoms with van der Waals surface area (Å²) in [5.41, 5.74) is 1.47. The summed E-state index contributed by atoms with van der Waals surface area (Å²) in [4.78, 5) is 65.0. The van der Waals surface area contributed by atoms with Crippen LogP contribution in [0.3, 0.4) is 0 Å². The largest absolute Gasteiger partial charge is 0.463 e. The number of rotatable bonds is 7. The van der Waals surface area contributed by atoms with Gasteiger partial charge < -0.3 is 18.9 Å². The number of nitrogens with zero attached hydrogens (tertiary/aromatic N) is 4. The molecule has 230 valence electrons. The molecule has 4 aromatic rings. The second-order valence-corrected chi connectivity index (χ2v) is 10.7. The topological polar surface area (TPSA) is 156 Å². The zero-order chi connectivity index (χ0) is 31.8. The lowest BCUT2D eigenvalue weighted by atomic mass is 9.93. The Hall–Kier alpha value is -5.43. The molecule has 45 heavy (non-hydrogen) atoms. The molecule has 2 aliphatic rings. The first kappa shape index (κ1) is 29.6. The van der Waals surface area contributed by atoms with Gasteiger partial charge in [0.05, 0.1) is 17.3 Å². The number of aromatic nitrogens is 3. The van der Waals surface area contributed by atoms with Crippen molar-refractivity contribution in [3.8, 4) is 11.3 Å². The van der Waals surface area contributed by atoms with Crippen LogP contribution < -0.4 is 0 Å². The molecule has 1 fully saturated rings. The molecule has 1 saturated heterocycles. The molecule has 0 spiro atoms. The molecule has 6 rings (SSSR count). The molecule has 0 radical (unpaired) electrons. The first-order valence-corrected chi connectivity index (χ1v) is 14.1. The molecular weight excluding hydrogens is 584 g/mol. The van der Waals surface area contributed by atoms with E-state index in [1.165, 1.54) is 23.7 Å². The highest BCUT2D eigenvalue weighted by Gasteiger charge is 2.57. The molecule has 2 amide bonds. The van der Waals surface area contributed by atoms with Crippen molar-refractivity contribution in [3.63, 3.8) is 0 Å². The SMILES string of the molecule is CC(=O)OC[C@H]1O[C@@H](n2cc(-c3ccc4ccccc4c3)nn2)[C@H](N2C(=O)c3ccccc3C2=O)[C@@H](OC(C)=O)[C@@H]1OC(C)=O. The summed E-state index contributed by atoms with van der Waals surface area (Å²) in [7, 11) is 0. The highest BCUT2D eigenvalue weighted by atomic mass is 16.6. The molecule has 0 aliphatic carbocycles. The molecule has 2 aliphatic heterocycles. The van der Waals surface area contributed by atoms with Crippen LogP contribution in [-0.2, 0) is 33.3 Å². The van der Waals surface area contributed by atoms with Gasteiger partial charge in [0.15, 0.2) is 18.4 Å². The summed E-state index contributed by atoms with van der Waals surface area (Å²) in [5, 5.41) is 10.6. The number of carbonyl (C=O) groups is 5. The number of fused-ring (bicyclic) bond motifs is 2. The fourth-order valence-electron chi connectivity index (χ4n) is 5.76. The van der Waals surface area contributed by atoms with Crippen molar-refractivity contribution < 1.29 is 42.9 Å². The highest BCUT2D eigenvalue weighted by molar-refractivity contribution is 6.21. The van der Waals surface area contributed by atoms with Crippen LogP contribution in [0.1, 0.15) is 47.7 Å². The zero-order valence-corrected chi connectivity index (χ0v) is 24.5. The fourth-order valence-corrected chi connectivity index (χ4v) is 5.76. The van der Waals surface area contributed by atoms with E-state index in [1.807, 2.05) is 42.5 Å². The Bertz CT molecular complexity index is 1800. The summed E-state index contributed by atoms with van der Waals surface area (Å²) in [5.74, 6) is -3.50. The van der Waals surface area contributed by atoms with Crippen LogP contribution in [-0.4, -0.2) is 80.6 Å². The Morgan fingerprint density at radius 2 is 1.42 bits per heavy atom. The molecule has 1 aromatic heterocycles. The molecule has 5 atom stereocenters. The number of benzene rings is 3. The summed E-state index contributed by atoms with van der Waals surface area (Å²) in [6.45, 7) is 3.08. The van der Waals surface area contributed by atoms with Gasteiger partial charge in [0, 0.05) is 26.3 Å². The number of hydrogen-bond donors (Lipinski definition) is 0. The van der Waals surface area contributed by atoms with Crippen LogP contribution in [0.4, 0.5) is 0 Å². The van der Waals surface area contributed by atoms with Gasteiger partial charge in [-0.15, -0.1) is 5.10 Å². The van der Waals surface area contributed by atoms with E-state index < -0.39 is 66.9 Å². The Morgan fingerprint density at radius 1 is 0.800 bits per heavy atom. The Kier molecular flexibility index (Phi) is 7.85. The molecule has 13 nitrogen and oxygen atoms in total. The first-order valence-electron chi connectivity index (χ1n) is 14.1. The average molecular weight is 613 g/mol. The van der Waals surface area contributed by atoms with E-state index >= 15 is 0 Å². The maximum absolute atomic E-state index is 13.8. The predicted molar refractivity (Wildman–Crippen MR) is 155 cm³/mol. The molecule has 0 bridgehead atoms. The van der Waals surface area contributed by atoms with Crippen LogP contribution in [0.15, 0.2) is 72.9 Å². The third kappa shape index (κ3) is 5.65. The molecule has 0 saturated carbocycles. The monoisotopic (exact) mass is 612 g/mol. The summed E-state index contributed by atoms with van der Waals surface area (Å²) in [6.07, 6.45) is -3.75. The first-order chi connectivity index (χ1) is 21.6. The van der Waals surface area contributed by atoms with Gasteiger partial charge in [-0.05, 0) is 29.0 Å². The lowest BCUT2D eigenvalue weighted by molar-refractivity contribution is -0.246. The fraction of sp³-hybridized carbons (Fsp3) is 0.281. The van der Waals surface area contributed by atoms with Crippen LogP contribution >= 0.6 is 0 Å². The van der Waals surface area contributed by atoms with E-state index in [4.69, 9.17) is 18.9 Å².